The van der Waals surface area contributed by atoms with Gasteiger partial charge in [-0.25, -0.2) is 28.1 Å². The van der Waals surface area contributed by atoms with Crippen LogP contribution in [0.25, 0.3) is 11.2 Å². The number of nitrogens with two attached hydrogens (primary N) is 1. The molecule has 4 rings (SSSR count). The van der Waals surface area contributed by atoms with Gasteiger partial charge in [-0.2, -0.15) is 0 Å². The molecule has 0 spiro atoms. The Bertz CT molecular complexity index is 1250. The topological polar surface area (TPSA) is 134 Å². The van der Waals surface area contributed by atoms with Crippen molar-refractivity contribution in [2.45, 2.75) is 24.4 Å². The first-order valence-corrected chi connectivity index (χ1v) is 12.7. The molecule has 13 heteroatoms. The molecular weight excluding hydrogens is 555 g/mol. The van der Waals surface area contributed by atoms with Crippen molar-refractivity contribution in [3.05, 3.63) is 51.1 Å². The van der Waals surface area contributed by atoms with Crippen molar-refractivity contribution in [2.24, 2.45) is 0 Å². The molecule has 0 amide bonds. The van der Waals surface area contributed by atoms with Gasteiger partial charge in [-0.1, -0.05) is 18.2 Å². The second-order valence-electron chi connectivity index (χ2n) is 6.50. The van der Waals surface area contributed by atoms with E-state index in [1.807, 2.05) is 28.8 Å². The molecule has 3 aromatic rings. The molecule has 0 fully saturated rings. The number of aromatic nitrogens is 4. The number of fused-ring (bicyclic) bond motifs is 1. The first-order chi connectivity index (χ1) is 14.9. The summed E-state index contributed by atoms with van der Waals surface area (Å²) in [5.74, 6) is 0.229. The third-order valence-corrected chi connectivity index (χ3v) is 7.81. The zero-order valence-corrected chi connectivity index (χ0v) is 20.1. The van der Waals surface area contributed by atoms with Gasteiger partial charge in [0.25, 0.3) is 6.29 Å². The summed E-state index contributed by atoms with van der Waals surface area (Å²) in [5.41, 5.74) is 7.88. The molecule has 0 radical (unpaired) electrons. The summed E-state index contributed by atoms with van der Waals surface area (Å²) in [6, 6.07) is 7.80. The number of sulfonamides is 1. The molecule has 0 saturated heterocycles. The number of thioether (sulfide) groups is 1. The maximum Gasteiger partial charge on any atom is 0.268 e. The highest BCUT2D eigenvalue weighted by Gasteiger charge is 2.26. The Kier molecular flexibility index (Phi) is 6.55. The van der Waals surface area contributed by atoms with Crippen LogP contribution in [-0.4, -0.2) is 40.7 Å². The van der Waals surface area contributed by atoms with Gasteiger partial charge < -0.3 is 19.8 Å². The van der Waals surface area contributed by atoms with E-state index in [1.165, 1.54) is 25.1 Å². The molecule has 10 nitrogen and oxygen atoms in total. The molecule has 1 atom stereocenters. The van der Waals surface area contributed by atoms with E-state index in [1.54, 1.807) is 6.26 Å². The lowest BCUT2D eigenvalue weighted by molar-refractivity contribution is -0.0279. The van der Waals surface area contributed by atoms with Gasteiger partial charge in [0.2, 0.25) is 15.1 Å². The highest BCUT2D eigenvalue weighted by Crippen LogP contribution is 2.39. The fourth-order valence-corrected chi connectivity index (χ4v) is 5.15. The van der Waals surface area contributed by atoms with Crippen LogP contribution >= 0.6 is 34.4 Å². The van der Waals surface area contributed by atoms with Gasteiger partial charge in [0.15, 0.2) is 22.1 Å². The molecule has 3 N–H and O–H groups in total. The van der Waals surface area contributed by atoms with Crippen LogP contribution in [0.3, 0.4) is 0 Å². The third kappa shape index (κ3) is 4.88. The van der Waals surface area contributed by atoms with Crippen LogP contribution in [0, 0.1) is 3.57 Å². The second-order valence-corrected chi connectivity index (χ2v) is 10.7. The Morgan fingerprint density at radius 2 is 2.13 bits per heavy atom. The van der Waals surface area contributed by atoms with Crippen molar-refractivity contribution in [1.82, 2.24) is 24.2 Å². The summed E-state index contributed by atoms with van der Waals surface area (Å²) in [4.78, 5) is 12.8. The molecule has 1 aliphatic rings. The third-order valence-electron chi connectivity index (χ3n) is 4.49. The standard InChI is InChI=1S/C18H19IN6O4S2/c1-21-31(26,27)8-4-7-25-16-14(15(20)22-10-23-16)24-18(25)30-13-9-28-17(29-13)11-5-2-3-6-12(11)19/h2-3,5-6,9-10,17,21H,4,7-8H2,1H3,(H2,20,22,23). The zero-order chi connectivity index (χ0) is 22.0. The average Bonchev–Trinajstić information content (AvgIpc) is 3.35. The Hall–Kier alpha value is -2.10. The molecule has 0 saturated carbocycles. The minimum absolute atomic E-state index is 0.0231. The molecule has 1 aromatic carbocycles. The Morgan fingerprint density at radius 1 is 1.32 bits per heavy atom. The number of nitrogens with zero attached hydrogens (tertiary/aromatic N) is 4. The highest BCUT2D eigenvalue weighted by molar-refractivity contribution is 14.1. The number of halogens is 1. The van der Waals surface area contributed by atoms with Crippen LogP contribution in [-0.2, 0) is 26.0 Å². The molecule has 3 heterocycles. The number of nitrogens with one attached hydrogen (secondary N) is 1. The van der Waals surface area contributed by atoms with Crippen molar-refractivity contribution in [2.75, 3.05) is 18.5 Å². The molecule has 1 unspecified atom stereocenters. The maximum absolute atomic E-state index is 11.8. The summed E-state index contributed by atoms with van der Waals surface area (Å²) in [7, 11) is -1.92. The van der Waals surface area contributed by atoms with E-state index in [0.717, 1.165) is 9.13 Å². The highest BCUT2D eigenvalue weighted by atomic mass is 127. The van der Waals surface area contributed by atoms with Crippen molar-refractivity contribution in [1.29, 1.82) is 0 Å². The van der Waals surface area contributed by atoms with E-state index in [4.69, 9.17) is 15.2 Å². The van der Waals surface area contributed by atoms with E-state index in [0.29, 0.717) is 34.4 Å². The number of benzene rings is 1. The first kappa shape index (κ1) is 22.1. The van der Waals surface area contributed by atoms with Crippen LogP contribution in [0.1, 0.15) is 18.3 Å². The van der Waals surface area contributed by atoms with Crippen LogP contribution in [0.2, 0.25) is 0 Å². The number of hydrogen-bond donors (Lipinski definition) is 2. The van der Waals surface area contributed by atoms with E-state index < -0.39 is 16.3 Å². The summed E-state index contributed by atoms with van der Waals surface area (Å²) in [5, 5.41) is 1.08. The van der Waals surface area contributed by atoms with Gasteiger partial charge in [0.1, 0.15) is 12.6 Å². The molecule has 2 aromatic heterocycles. The lowest BCUT2D eigenvalue weighted by Gasteiger charge is -2.13. The SMILES string of the molecule is CNS(=O)(=O)CCCn1c(SC2=COC(c3ccccc3I)O2)nc2c(N)ncnc21. The monoisotopic (exact) mass is 574 g/mol. The van der Waals surface area contributed by atoms with Crippen LogP contribution < -0.4 is 10.5 Å². The summed E-state index contributed by atoms with van der Waals surface area (Å²) < 4.78 is 40.4. The molecule has 31 heavy (non-hydrogen) atoms. The molecule has 0 aliphatic carbocycles. The van der Waals surface area contributed by atoms with E-state index >= 15 is 0 Å². The number of hydrogen-bond acceptors (Lipinski definition) is 9. The summed E-state index contributed by atoms with van der Waals surface area (Å²) >= 11 is 3.49. The number of anilines is 1. The van der Waals surface area contributed by atoms with Gasteiger partial charge in [0, 0.05) is 15.7 Å². The normalized spacial score (nSPS) is 16.2. The van der Waals surface area contributed by atoms with Crippen LogP contribution in [0.5, 0.6) is 0 Å². The van der Waals surface area contributed by atoms with Crippen molar-refractivity contribution in [3.63, 3.8) is 0 Å². The number of aryl methyl sites for hydroxylation is 1. The number of rotatable bonds is 8. The molecular formula is C18H19IN6O4S2. The summed E-state index contributed by atoms with van der Waals surface area (Å²) in [6.45, 7) is 0.379. The molecule has 0 bridgehead atoms. The smallest absolute Gasteiger partial charge is 0.268 e. The number of nitrogen functional groups attached to an aromatic ring is 1. The quantitative estimate of drug-likeness (QED) is 0.390. The average molecular weight is 574 g/mol. The molecule has 1 aliphatic heterocycles. The van der Waals surface area contributed by atoms with Gasteiger partial charge in [0.05, 0.1) is 5.75 Å². The van der Waals surface area contributed by atoms with Crippen molar-refractivity contribution in [3.8, 4) is 0 Å². The lowest BCUT2D eigenvalue weighted by Crippen LogP contribution is -2.22. The zero-order valence-electron chi connectivity index (χ0n) is 16.4. The van der Waals surface area contributed by atoms with Crippen molar-refractivity contribution >= 4 is 61.4 Å². The van der Waals surface area contributed by atoms with Crippen LogP contribution in [0.15, 0.2) is 47.1 Å². The summed E-state index contributed by atoms with van der Waals surface area (Å²) in [6.07, 6.45) is 2.73. The van der Waals surface area contributed by atoms with E-state index in [9.17, 15) is 8.42 Å². The van der Waals surface area contributed by atoms with Gasteiger partial charge in [-0.15, -0.1) is 0 Å². The van der Waals surface area contributed by atoms with Gasteiger partial charge in [-0.3, -0.25) is 0 Å². The fraction of sp³-hybridized carbons (Fsp3) is 0.278. The lowest BCUT2D eigenvalue weighted by atomic mass is 10.2. The first-order valence-electron chi connectivity index (χ1n) is 9.20. The maximum atomic E-state index is 11.8. The Balaban J connectivity index is 1.56. The van der Waals surface area contributed by atoms with E-state index in [2.05, 4.69) is 42.3 Å². The van der Waals surface area contributed by atoms with E-state index in [-0.39, 0.29) is 11.6 Å². The minimum atomic E-state index is -3.32. The fourth-order valence-electron chi connectivity index (χ4n) is 2.95. The Morgan fingerprint density at radius 3 is 2.90 bits per heavy atom. The largest absolute Gasteiger partial charge is 0.454 e. The Labute approximate surface area is 196 Å². The van der Waals surface area contributed by atoms with Gasteiger partial charge >= 0.3 is 0 Å². The van der Waals surface area contributed by atoms with Crippen molar-refractivity contribution < 1.29 is 17.9 Å². The predicted molar refractivity (Wildman–Crippen MR) is 125 cm³/mol. The number of imidazole rings is 1. The molecule has 164 valence electrons. The number of ether oxygens (including phenoxy) is 2. The minimum Gasteiger partial charge on any atom is -0.454 e. The van der Waals surface area contributed by atoms with Gasteiger partial charge in [-0.05, 0) is 53.9 Å². The predicted octanol–water partition coefficient (Wildman–Crippen LogP) is 2.59. The second kappa shape index (κ2) is 9.18. The van der Waals surface area contributed by atoms with Crippen LogP contribution in [0.4, 0.5) is 5.82 Å².